The predicted molar refractivity (Wildman–Crippen MR) is 98.9 cm³/mol. The molecule has 140 valence electrons. The fraction of sp³-hybridized carbons (Fsp3) is 0.588. The fourth-order valence-corrected chi connectivity index (χ4v) is 4.97. The maximum absolute atomic E-state index is 12.5. The monoisotopic (exact) mass is 387 g/mol. The Hall–Kier alpha value is -1.15. The highest BCUT2D eigenvalue weighted by atomic mass is 35.5. The number of hydrogen-bond acceptors (Lipinski definition) is 4. The molecule has 3 rings (SSSR count). The summed E-state index contributed by atoms with van der Waals surface area (Å²) in [6.07, 6.45) is 5.28. The summed E-state index contributed by atoms with van der Waals surface area (Å²) >= 11 is 0. The molecule has 8 heteroatoms. The van der Waals surface area contributed by atoms with E-state index in [0.717, 1.165) is 44.1 Å². The number of carbonyl (C=O) groups excluding carboxylic acids is 1. The first-order valence-corrected chi connectivity index (χ1v) is 10.0. The van der Waals surface area contributed by atoms with E-state index in [1.165, 1.54) is 4.31 Å². The Bertz CT molecular complexity index is 694. The van der Waals surface area contributed by atoms with Crippen molar-refractivity contribution in [2.45, 2.75) is 55.5 Å². The number of carbonyl (C=O) groups is 1. The second-order valence-corrected chi connectivity index (χ2v) is 8.74. The zero-order chi connectivity index (χ0) is 17.2. The molecule has 1 saturated carbocycles. The van der Waals surface area contributed by atoms with Crippen LogP contribution in [0, 0.1) is 0 Å². The molecule has 0 unspecified atom stereocenters. The van der Waals surface area contributed by atoms with E-state index in [9.17, 15) is 13.2 Å². The van der Waals surface area contributed by atoms with Crippen molar-refractivity contribution in [2.75, 3.05) is 13.1 Å². The Morgan fingerprint density at radius 3 is 2.20 bits per heavy atom. The van der Waals surface area contributed by atoms with Gasteiger partial charge in [0.1, 0.15) is 0 Å². The van der Waals surface area contributed by atoms with Crippen molar-refractivity contribution < 1.29 is 13.2 Å². The van der Waals surface area contributed by atoms with Crippen LogP contribution in [0.1, 0.15) is 44.1 Å². The molecule has 1 heterocycles. The number of halogens is 1. The first-order chi connectivity index (χ1) is 11.4. The van der Waals surface area contributed by atoms with Gasteiger partial charge in [0, 0.05) is 19.6 Å². The van der Waals surface area contributed by atoms with Gasteiger partial charge in [-0.2, -0.15) is 4.31 Å². The molecular weight excluding hydrogens is 362 g/mol. The number of sulfonamides is 1. The maximum atomic E-state index is 12.5. The van der Waals surface area contributed by atoms with Crippen molar-refractivity contribution in [1.82, 2.24) is 9.62 Å². The van der Waals surface area contributed by atoms with Gasteiger partial charge in [-0.1, -0.05) is 25.0 Å². The molecule has 6 nitrogen and oxygen atoms in total. The molecule has 1 saturated heterocycles. The highest BCUT2D eigenvalue weighted by Gasteiger charge is 2.36. The summed E-state index contributed by atoms with van der Waals surface area (Å²) < 4.78 is 26.5. The number of amides is 1. The minimum Gasteiger partial charge on any atom is -0.350 e. The third-order valence-electron chi connectivity index (χ3n) is 5.03. The van der Waals surface area contributed by atoms with Gasteiger partial charge in [0.15, 0.2) is 0 Å². The molecule has 0 atom stereocenters. The number of nitrogens with zero attached hydrogens (tertiary/aromatic N) is 1. The average molecular weight is 388 g/mol. The third-order valence-corrected chi connectivity index (χ3v) is 6.94. The summed E-state index contributed by atoms with van der Waals surface area (Å²) in [7, 11) is -3.38. The van der Waals surface area contributed by atoms with Crippen molar-refractivity contribution in [3.63, 3.8) is 0 Å². The molecule has 1 amide bonds. The molecule has 1 aromatic carbocycles. The molecule has 0 spiro atoms. The minimum atomic E-state index is -3.38. The summed E-state index contributed by atoms with van der Waals surface area (Å²) in [5, 5.41) is 2.87. The molecule has 3 N–H and O–H groups in total. The van der Waals surface area contributed by atoms with E-state index in [4.69, 9.17) is 5.73 Å². The Labute approximate surface area is 155 Å². The minimum absolute atomic E-state index is 0. The van der Waals surface area contributed by atoms with Crippen LogP contribution in [0.25, 0.3) is 0 Å². The molecule has 0 radical (unpaired) electrons. The molecule has 1 aliphatic carbocycles. The van der Waals surface area contributed by atoms with Crippen LogP contribution < -0.4 is 11.1 Å². The van der Waals surface area contributed by atoms with Gasteiger partial charge in [-0.3, -0.25) is 4.79 Å². The quantitative estimate of drug-likeness (QED) is 0.805. The standard InChI is InChI=1S/C17H25N3O3S.ClH/c18-17(9-1-2-10-17)16(21)19-13-14-5-7-15(8-6-14)24(22,23)20-11-3-4-12-20;/h5-8H,1-4,9-13,18H2,(H,19,21);1H. The van der Waals surface area contributed by atoms with Gasteiger partial charge in [0.25, 0.3) is 0 Å². The highest BCUT2D eigenvalue weighted by molar-refractivity contribution is 7.89. The lowest BCUT2D eigenvalue weighted by atomic mass is 9.98. The second kappa shape index (κ2) is 8.03. The zero-order valence-electron chi connectivity index (χ0n) is 14.2. The van der Waals surface area contributed by atoms with Gasteiger partial charge in [0.2, 0.25) is 15.9 Å². The van der Waals surface area contributed by atoms with Crippen LogP contribution in [-0.2, 0) is 21.4 Å². The fourth-order valence-electron chi connectivity index (χ4n) is 3.45. The van der Waals surface area contributed by atoms with Crippen LogP contribution in [-0.4, -0.2) is 37.3 Å². The van der Waals surface area contributed by atoms with Crippen molar-refractivity contribution in [3.05, 3.63) is 29.8 Å². The number of benzene rings is 1. The number of nitrogens with two attached hydrogens (primary N) is 1. The van der Waals surface area contributed by atoms with E-state index in [0.29, 0.717) is 24.5 Å². The van der Waals surface area contributed by atoms with Crippen LogP contribution in [0.2, 0.25) is 0 Å². The molecule has 1 aliphatic heterocycles. The van der Waals surface area contributed by atoms with Gasteiger partial charge >= 0.3 is 0 Å². The zero-order valence-corrected chi connectivity index (χ0v) is 15.9. The Morgan fingerprint density at radius 2 is 1.64 bits per heavy atom. The maximum Gasteiger partial charge on any atom is 0.243 e. The highest BCUT2D eigenvalue weighted by Crippen LogP contribution is 2.27. The summed E-state index contributed by atoms with van der Waals surface area (Å²) in [5.74, 6) is -0.117. The Kier molecular flexibility index (Phi) is 6.48. The van der Waals surface area contributed by atoms with Crippen molar-refractivity contribution in [1.29, 1.82) is 0 Å². The Balaban J connectivity index is 0.00000225. The first-order valence-electron chi connectivity index (χ1n) is 8.58. The van der Waals surface area contributed by atoms with Crippen LogP contribution in [0.4, 0.5) is 0 Å². The van der Waals surface area contributed by atoms with E-state index in [-0.39, 0.29) is 18.3 Å². The molecule has 25 heavy (non-hydrogen) atoms. The largest absolute Gasteiger partial charge is 0.350 e. The molecule has 1 aromatic rings. The van der Waals surface area contributed by atoms with Gasteiger partial charge in [0.05, 0.1) is 10.4 Å². The summed E-state index contributed by atoms with van der Waals surface area (Å²) in [5.41, 5.74) is 6.25. The number of rotatable bonds is 5. The molecule has 0 aromatic heterocycles. The predicted octanol–water partition coefficient (Wildman–Crippen LogP) is 1.78. The van der Waals surface area contributed by atoms with Gasteiger partial charge in [-0.25, -0.2) is 8.42 Å². The Morgan fingerprint density at radius 1 is 1.08 bits per heavy atom. The van der Waals surface area contributed by atoms with Crippen LogP contribution in [0.15, 0.2) is 29.2 Å². The van der Waals surface area contributed by atoms with E-state index in [1.807, 2.05) is 0 Å². The second-order valence-electron chi connectivity index (χ2n) is 6.80. The van der Waals surface area contributed by atoms with Gasteiger partial charge in [-0.05, 0) is 43.4 Å². The normalized spacial score (nSPS) is 20.2. The lowest BCUT2D eigenvalue weighted by Crippen LogP contribution is -2.51. The van der Waals surface area contributed by atoms with E-state index < -0.39 is 15.6 Å². The SMILES string of the molecule is Cl.NC1(C(=O)NCc2ccc(S(=O)(=O)N3CCCC3)cc2)CCCC1. The smallest absolute Gasteiger partial charge is 0.243 e. The number of hydrogen-bond donors (Lipinski definition) is 2. The van der Waals surface area contributed by atoms with Crippen LogP contribution in [0.5, 0.6) is 0 Å². The van der Waals surface area contributed by atoms with E-state index in [2.05, 4.69) is 5.32 Å². The van der Waals surface area contributed by atoms with E-state index >= 15 is 0 Å². The van der Waals surface area contributed by atoms with Crippen molar-refractivity contribution in [3.8, 4) is 0 Å². The lowest BCUT2D eigenvalue weighted by Gasteiger charge is -2.22. The molecule has 2 aliphatic rings. The summed E-state index contributed by atoms with van der Waals surface area (Å²) in [6, 6.07) is 6.73. The molecule has 2 fully saturated rings. The van der Waals surface area contributed by atoms with Crippen molar-refractivity contribution >= 4 is 28.3 Å². The van der Waals surface area contributed by atoms with Crippen LogP contribution >= 0.6 is 12.4 Å². The average Bonchev–Trinajstić information content (AvgIpc) is 3.25. The van der Waals surface area contributed by atoms with Gasteiger partial charge < -0.3 is 11.1 Å². The first kappa shape index (κ1) is 20.2. The third kappa shape index (κ3) is 4.34. The molecule has 0 bridgehead atoms. The molecular formula is C17H26ClN3O3S. The van der Waals surface area contributed by atoms with Crippen LogP contribution in [0.3, 0.4) is 0 Å². The van der Waals surface area contributed by atoms with E-state index in [1.54, 1.807) is 24.3 Å². The summed E-state index contributed by atoms with van der Waals surface area (Å²) in [4.78, 5) is 12.5. The van der Waals surface area contributed by atoms with Crippen molar-refractivity contribution in [2.24, 2.45) is 5.73 Å². The topological polar surface area (TPSA) is 92.5 Å². The summed E-state index contributed by atoms with van der Waals surface area (Å²) in [6.45, 7) is 1.55. The number of nitrogens with one attached hydrogen (secondary N) is 1. The van der Waals surface area contributed by atoms with Gasteiger partial charge in [-0.15, -0.1) is 12.4 Å². The lowest BCUT2D eigenvalue weighted by molar-refractivity contribution is -0.126.